The normalized spacial score (nSPS) is 19.7. The first-order chi connectivity index (χ1) is 16.8. The lowest BCUT2D eigenvalue weighted by molar-refractivity contribution is -0.140. The second-order valence-corrected chi connectivity index (χ2v) is 9.13. The minimum absolute atomic E-state index is 0.0779. The molecule has 3 amide bonds. The number of nitrogen functional groups attached to an aromatic ring is 1. The first-order valence-corrected chi connectivity index (χ1v) is 12.1. The molecule has 2 atom stereocenters. The molecule has 1 saturated heterocycles. The smallest absolute Gasteiger partial charge is 0.330 e. The number of nitrogens with zero attached hydrogens (tertiary/aromatic N) is 3. The van der Waals surface area contributed by atoms with Crippen LogP contribution < -0.4 is 21.9 Å². The van der Waals surface area contributed by atoms with Gasteiger partial charge in [-0.2, -0.15) is 0 Å². The van der Waals surface area contributed by atoms with Crippen LogP contribution >= 0.6 is 0 Å². The van der Waals surface area contributed by atoms with E-state index in [1.165, 1.54) is 15.7 Å². The molecule has 2 aromatic heterocycles. The van der Waals surface area contributed by atoms with Crippen LogP contribution in [0.25, 0.3) is 0 Å². The third-order valence-electron chi connectivity index (χ3n) is 6.90. The average Bonchev–Trinajstić information content (AvgIpc) is 3.43. The van der Waals surface area contributed by atoms with E-state index in [9.17, 15) is 24.0 Å². The van der Waals surface area contributed by atoms with E-state index in [1.807, 2.05) is 6.92 Å². The quantitative estimate of drug-likeness (QED) is 0.512. The Kier molecular flexibility index (Phi) is 7.23. The number of nitrogens with two attached hydrogens (primary N) is 1. The van der Waals surface area contributed by atoms with Gasteiger partial charge in [-0.15, -0.1) is 0 Å². The van der Waals surface area contributed by atoms with Gasteiger partial charge in [-0.3, -0.25) is 38.5 Å². The van der Waals surface area contributed by atoms with Gasteiger partial charge >= 0.3 is 5.69 Å². The lowest BCUT2D eigenvalue weighted by Gasteiger charge is -2.24. The standard InChI is InChI=1S/C24H31N5O6/c1-2-3-11-27-20(25)19(21(31)26-24(27)34)29(14-15-7-6-13-35-15)18(30)10-12-28-22(32)16-8-4-5-9-17(16)23(28)33/h6-7,13,16-17H,2-5,8-12,14,25H2,1H3,(H,26,31,34). The van der Waals surface area contributed by atoms with Gasteiger partial charge in [-0.05, 0) is 31.4 Å². The van der Waals surface area contributed by atoms with Crippen molar-refractivity contribution in [3.63, 3.8) is 0 Å². The summed E-state index contributed by atoms with van der Waals surface area (Å²) in [5.41, 5.74) is 4.64. The molecule has 35 heavy (non-hydrogen) atoms. The van der Waals surface area contributed by atoms with Crippen molar-refractivity contribution in [1.29, 1.82) is 0 Å². The summed E-state index contributed by atoms with van der Waals surface area (Å²) in [4.78, 5) is 68.7. The molecule has 0 radical (unpaired) electrons. The Morgan fingerprint density at radius 1 is 1.14 bits per heavy atom. The molecule has 188 valence electrons. The molecule has 2 aliphatic rings. The van der Waals surface area contributed by atoms with Crippen molar-refractivity contribution < 1.29 is 18.8 Å². The Labute approximate surface area is 201 Å². The molecule has 0 spiro atoms. The number of hydrogen-bond acceptors (Lipinski definition) is 7. The van der Waals surface area contributed by atoms with E-state index in [0.717, 1.165) is 24.2 Å². The van der Waals surface area contributed by atoms with Crippen LogP contribution in [0, 0.1) is 11.8 Å². The lowest BCUT2D eigenvalue weighted by Crippen LogP contribution is -2.42. The van der Waals surface area contributed by atoms with E-state index < -0.39 is 17.2 Å². The number of aromatic amines is 1. The maximum atomic E-state index is 13.4. The summed E-state index contributed by atoms with van der Waals surface area (Å²) in [7, 11) is 0. The molecule has 11 nitrogen and oxygen atoms in total. The van der Waals surface area contributed by atoms with Gasteiger partial charge in [-0.25, -0.2) is 4.79 Å². The highest BCUT2D eigenvalue weighted by atomic mass is 16.3. The molecule has 1 saturated carbocycles. The van der Waals surface area contributed by atoms with Crippen LogP contribution in [0.3, 0.4) is 0 Å². The average molecular weight is 486 g/mol. The number of nitrogens with one attached hydrogen (secondary N) is 1. The number of anilines is 2. The second-order valence-electron chi connectivity index (χ2n) is 9.13. The molecular formula is C24H31N5O6. The van der Waals surface area contributed by atoms with Crippen LogP contribution in [0.15, 0.2) is 32.4 Å². The molecular weight excluding hydrogens is 454 g/mol. The van der Waals surface area contributed by atoms with Gasteiger partial charge in [-0.1, -0.05) is 26.2 Å². The van der Waals surface area contributed by atoms with E-state index in [0.29, 0.717) is 25.0 Å². The summed E-state index contributed by atoms with van der Waals surface area (Å²) >= 11 is 0. The number of carbonyl (C=O) groups excluding carboxylic acids is 3. The van der Waals surface area contributed by atoms with Crippen molar-refractivity contribution >= 4 is 29.2 Å². The minimum atomic E-state index is -0.792. The zero-order chi connectivity index (χ0) is 25.1. The maximum absolute atomic E-state index is 13.4. The number of amides is 3. The van der Waals surface area contributed by atoms with Crippen molar-refractivity contribution in [2.75, 3.05) is 17.2 Å². The van der Waals surface area contributed by atoms with Crippen LogP contribution in [-0.2, 0) is 27.5 Å². The number of furan rings is 1. The highest BCUT2D eigenvalue weighted by Gasteiger charge is 2.48. The number of rotatable bonds is 9. The van der Waals surface area contributed by atoms with Crippen molar-refractivity contribution in [3.05, 3.63) is 45.0 Å². The fourth-order valence-corrected chi connectivity index (χ4v) is 5.02. The number of hydrogen-bond donors (Lipinski definition) is 2. The summed E-state index contributed by atoms with van der Waals surface area (Å²) in [6.07, 6.45) is 5.92. The zero-order valence-electron chi connectivity index (χ0n) is 19.8. The Morgan fingerprint density at radius 2 is 1.83 bits per heavy atom. The van der Waals surface area contributed by atoms with E-state index in [-0.39, 0.29) is 61.2 Å². The van der Waals surface area contributed by atoms with Crippen LogP contribution in [0.1, 0.15) is 57.6 Å². The van der Waals surface area contributed by atoms with E-state index >= 15 is 0 Å². The van der Waals surface area contributed by atoms with Crippen LogP contribution in [0.5, 0.6) is 0 Å². The summed E-state index contributed by atoms with van der Waals surface area (Å²) in [6.45, 7) is 2.06. The Bertz CT molecular complexity index is 1190. The summed E-state index contributed by atoms with van der Waals surface area (Å²) in [6, 6.07) is 3.30. The van der Waals surface area contributed by atoms with E-state index in [4.69, 9.17) is 10.2 Å². The minimum Gasteiger partial charge on any atom is -0.467 e. The number of fused-ring (bicyclic) bond motifs is 1. The van der Waals surface area contributed by atoms with Gasteiger partial charge in [0.25, 0.3) is 5.56 Å². The number of unbranched alkanes of at least 4 members (excludes halogenated alkanes) is 1. The maximum Gasteiger partial charge on any atom is 0.330 e. The molecule has 1 aliphatic heterocycles. The third kappa shape index (κ3) is 4.80. The predicted molar refractivity (Wildman–Crippen MR) is 127 cm³/mol. The van der Waals surface area contributed by atoms with Gasteiger partial charge in [0.05, 0.1) is 24.6 Å². The number of likely N-dealkylation sites (tertiary alicyclic amines) is 1. The zero-order valence-corrected chi connectivity index (χ0v) is 19.8. The summed E-state index contributed by atoms with van der Waals surface area (Å²) in [5.74, 6) is -1.28. The Balaban J connectivity index is 1.61. The summed E-state index contributed by atoms with van der Waals surface area (Å²) in [5, 5.41) is 0. The van der Waals surface area contributed by atoms with Crippen molar-refractivity contribution in [2.24, 2.45) is 11.8 Å². The van der Waals surface area contributed by atoms with Gasteiger partial charge in [0.1, 0.15) is 11.6 Å². The van der Waals surface area contributed by atoms with Crippen LogP contribution in [0.2, 0.25) is 0 Å². The lowest BCUT2D eigenvalue weighted by atomic mass is 9.81. The topological polar surface area (TPSA) is 152 Å². The van der Waals surface area contributed by atoms with Crippen molar-refractivity contribution in [1.82, 2.24) is 14.5 Å². The second kappa shape index (κ2) is 10.3. The Hall–Kier alpha value is -3.63. The number of imide groups is 1. The van der Waals surface area contributed by atoms with Crippen LogP contribution in [-0.4, -0.2) is 38.7 Å². The SMILES string of the molecule is CCCCn1c(N)c(N(Cc2ccco2)C(=O)CCN2C(=O)C3CCCCC3C2=O)c(=O)[nH]c1=O. The van der Waals surface area contributed by atoms with Crippen molar-refractivity contribution in [3.8, 4) is 0 Å². The number of aromatic nitrogens is 2. The molecule has 11 heteroatoms. The molecule has 0 aromatic carbocycles. The fraction of sp³-hybridized carbons (Fsp3) is 0.542. The largest absolute Gasteiger partial charge is 0.467 e. The first kappa shape index (κ1) is 24.5. The molecule has 4 rings (SSSR count). The Morgan fingerprint density at radius 3 is 2.43 bits per heavy atom. The highest BCUT2D eigenvalue weighted by Crippen LogP contribution is 2.38. The van der Waals surface area contributed by atoms with Crippen LogP contribution in [0.4, 0.5) is 11.5 Å². The molecule has 1 aliphatic carbocycles. The van der Waals surface area contributed by atoms with Gasteiger partial charge in [0, 0.05) is 19.5 Å². The molecule has 3 N–H and O–H groups in total. The number of H-pyrrole nitrogens is 1. The van der Waals surface area contributed by atoms with E-state index in [1.54, 1.807) is 12.1 Å². The third-order valence-corrected chi connectivity index (χ3v) is 6.90. The predicted octanol–water partition coefficient (Wildman–Crippen LogP) is 1.61. The van der Waals surface area contributed by atoms with E-state index in [2.05, 4.69) is 4.98 Å². The molecule has 2 aromatic rings. The monoisotopic (exact) mass is 485 g/mol. The van der Waals surface area contributed by atoms with Crippen molar-refractivity contribution in [2.45, 2.75) is 65.0 Å². The molecule has 2 unspecified atom stereocenters. The number of carbonyl (C=O) groups is 3. The fourth-order valence-electron chi connectivity index (χ4n) is 5.02. The van der Waals surface area contributed by atoms with Gasteiger partial charge < -0.3 is 10.2 Å². The molecule has 2 fully saturated rings. The molecule has 0 bridgehead atoms. The van der Waals surface area contributed by atoms with Gasteiger partial charge in [0.2, 0.25) is 17.7 Å². The first-order valence-electron chi connectivity index (χ1n) is 12.1. The highest BCUT2D eigenvalue weighted by molar-refractivity contribution is 6.05. The summed E-state index contributed by atoms with van der Waals surface area (Å²) < 4.78 is 6.61. The van der Waals surface area contributed by atoms with Gasteiger partial charge in [0.15, 0.2) is 5.69 Å². The molecule has 3 heterocycles.